The molecule has 0 amide bonds. The Kier molecular flexibility index (Phi) is 2.25. The number of rotatable bonds is 1. The number of hydrogen-bond acceptors (Lipinski definition) is 5. The van der Waals surface area contributed by atoms with E-state index >= 15 is 0 Å². The lowest BCUT2D eigenvalue weighted by molar-refractivity contribution is 0.0971. The molecule has 2 aromatic rings. The maximum atomic E-state index is 11.6. The van der Waals surface area contributed by atoms with Gasteiger partial charge in [-0.25, -0.2) is 15.0 Å². The molecule has 0 radical (unpaired) electrons. The average molecular weight is 231 g/mol. The first-order chi connectivity index (χ1) is 7.84. The van der Waals surface area contributed by atoms with Crippen LogP contribution in [0.2, 0.25) is 0 Å². The zero-order chi connectivity index (χ0) is 11.0. The highest BCUT2D eigenvalue weighted by Gasteiger charge is 2.19. The highest BCUT2D eigenvalue weighted by Crippen LogP contribution is 2.23. The number of fused-ring (bicyclic) bond motifs is 1. The number of aromatic nitrogens is 3. The summed E-state index contributed by atoms with van der Waals surface area (Å²) in [6.07, 6.45) is 5.74. The highest BCUT2D eigenvalue weighted by molar-refractivity contribution is 7.12. The first kappa shape index (κ1) is 9.59. The summed E-state index contributed by atoms with van der Waals surface area (Å²) < 4.78 is 0. The van der Waals surface area contributed by atoms with E-state index in [0.29, 0.717) is 17.8 Å². The van der Waals surface area contributed by atoms with Crippen LogP contribution in [-0.4, -0.2) is 20.7 Å². The van der Waals surface area contributed by atoms with Crippen molar-refractivity contribution in [3.05, 3.63) is 29.0 Å². The smallest absolute Gasteiger partial charge is 0.188 e. The molecule has 0 N–H and O–H groups in total. The lowest BCUT2D eigenvalue weighted by atomic mass is 9.96. The van der Waals surface area contributed by atoms with Gasteiger partial charge in [-0.05, 0) is 12.8 Å². The molecule has 2 aromatic heterocycles. The average Bonchev–Trinajstić information content (AvgIpc) is 2.82. The van der Waals surface area contributed by atoms with Gasteiger partial charge in [0.25, 0.3) is 0 Å². The molecule has 2 heterocycles. The van der Waals surface area contributed by atoms with E-state index in [0.717, 1.165) is 23.5 Å². The second-order valence-corrected chi connectivity index (χ2v) is 4.56. The normalized spacial score (nSPS) is 14.9. The van der Waals surface area contributed by atoms with E-state index in [4.69, 9.17) is 0 Å². The van der Waals surface area contributed by atoms with Crippen molar-refractivity contribution in [2.45, 2.75) is 19.3 Å². The Balaban J connectivity index is 2.08. The molecule has 0 saturated heterocycles. The van der Waals surface area contributed by atoms with Crippen molar-refractivity contribution in [1.29, 1.82) is 0 Å². The minimum absolute atomic E-state index is 0.159. The van der Waals surface area contributed by atoms with Crippen molar-refractivity contribution < 1.29 is 4.79 Å². The lowest BCUT2D eigenvalue weighted by Gasteiger charge is -2.12. The molecule has 80 valence electrons. The predicted octanol–water partition coefficient (Wildman–Crippen LogP) is 2.12. The molecule has 0 fully saturated rings. The molecular weight excluding hydrogens is 222 g/mol. The molecule has 0 unspecified atom stereocenters. The molecule has 0 bridgehead atoms. The summed E-state index contributed by atoms with van der Waals surface area (Å²) in [5.74, 6) is 0.787. The van der Waals surface area contributed by atoms with Crippen molar-refractivity contribution >= 4 is 17.1 Å². The van der Waals surface area contributed by atoms with Gasteiger partial charge in [-0.1, -0.05) is 0 Å². The Morgan fingerprint density at radius 3 is 3.00 bits per heavy atom. The van der Waals surface area contributed by atoms with Crippen molar-refractivity contribution in [3.8, 4) is 10.8 Å². The van der Waals surface area contributed by atoms with Crippen LogP contribution in [0.5, 0.6) is 0 Å². The number of ketones is 1. The van der Waals surface area contributed by atoms with Crippen LogP contribution in [0.1, 0.15) is 28.9 Å². The molecule has 3 rings (SSSR count). The minimum atomic E-state index is 0.159. The van der Waals surface area contributed by atoms with Gasteiger partial charge in [0.2, 0.25) is 0 Å². The van der Waals surface area contributed by atoms with Gasteiger partial charge in [-0.3, -0.25) is 4.79 Å². The van der Waals surface area contributed by atoms with Crippen LogP contribution in [0.25, 0.3) is 10.8 Å². The second-order valence-electron chi connectivity index (χ2n) is 3.67. The van der Waals surface area contributed by atoms with Crippen molar-refractivity contribution in [2.24, 2.45) is 0 Å². The van der Waals surface area contributed by atoms with Crippen LogP contribution in [-0.2, 0) is 6.42 Å². The SMILES string of the molecule is O=C1CCCc2nc(-c3nccs3)ncc21. The third kappa shape index (κ3) is 1.53. The Hall–Kier alpha value is -1.62. The van der Waals surface area contributed by atoms with Crippen molar-refractivity contribution in [3.63, 3.8) is 0 Å². The van der Waals surface area contributed by atoms with E-state index in [1.54, 1.807) is 12.4 Å². The fourth-order valence-corrected chi connectivity index (χ4v) is 2.40. The molecule has 0 aromatic carbocycles. The molecule has 4 nitrogen and oxygen atoms in total. The van der Waals surface area contributed by atoms with Gasteiger partial charge < -0.3 is 0 Å². The van der Waals surface area contributed by atoms with Crippen LogP contribution >= 0.6 is 11.3 Å². The van der Waals surface area contributed by atoms with E-state index in [1.165, 1.54) is 11.3 Å². The van der Waals surface area contributed by atoms with Crippen LogP contribution in [0, 0.1) is 0 Å². The third-order valence-corrected chi connectivity index (χ3v) is 3.38. The highest BCUT2D eigenvalue weighted by atomic mass is 32.1. The van der Waals surface area contributed by atoms with Crippen LogP contribution in [0.4, 0.5) is 0 Å². The Morgan fingerprint density at radius 2 is 2.19 bits per heavy atom. The zero-order valence-electron chi connectivity index (χ0n) is 8.51. The number of carbonyl (C=O) groups excluding carboxylic acids is 1. The molecule has 16 heavy (non-hydrogen) atoms. The summed E-state index contributed by atoms with van der Waals surface area (Å²) in [5.41, 5.74) is 1.56. The molecule has 5 heteroatoms. The van der Waals surface area contributed by atoms with Gasteiger partial charge in [0.15, 0.2) is 16.6 Å². The van der Waals surface area contributed by atoms with Gasteiger partial charge >= 0.3 is 0 Å². The summed E-state index contributed by atoms with van der Waals surface area (Å²) >= 11 is 1.51. The number of hydrogen-bond donors (Lipinski definition) is 0. The van der Waals surface area contributed by atoms with Gasteiger partial charge in [0.05, 0.1) is 11.3 Å². The fourth-order valence-electron chi connectivity index (χ4n) is 1.83. The van der Waals surface area contributed by atoms with E-state index in [-0.39, 0.29) is 5.78 Å². The number of nitrogens with zero attached hydrogens (tertiary/aromatic N) is 3. The summed E-state index contributed by atoms with van der Waals surface area (Å²) in [6, 6.07) is 0. The summed E-state index contributed by atoms with van der Waals surface area (Å²) in [5, 5.41) is 2.70. The topological polar surface area (TPSA) is 55.7 Å². The minimum Gasteiger partial charge on any atom is -0.294 e. The Labute approximate surface area is 96.4 Å². The third-order valence-electron chi connectivity index (χ3n) is 2.61. The molecule has 0 aliphatic heterocycles. The maximum Gasteiger partial charge on any atom is 0.188 e. The van der Waals surface area contributed by atoms with Crippen molar-refractivity contribution in [2.75, 3.05) is 0 Å². The largest absolute Gasteiger partial charge is 0.294 e. The number of thiazole rings is 1. The van der Waals surface area contributed by atoms with Gasteiger partial charge in [-0.15, -0.1) is 11.3 Å². The molecular formula is C11H9N3OS. The Morgan fingerprint density at radius 1 is 1.25 bits per heavy atom. The van der Waals surface area contributed by atoms with Gasteiger partial charge in [0.1, 0.15) is 0 Å². The number of carbonyl (C=O) groups is 1. The number of aryl methyl sites for hydroxylation is 1. The van der Waals surface area contributed by atoms with E-state index in [2.05, 4.69) is 15.0 Å². The summed E-state index contributed by atoms with van der Waals surface area (Å²) in [6.45, 7) is 0. The predicted molar refractivity (Wildman–Crippen MR) is 60.4 cm³/mol. The van der Waals surface area contributed by atoms with Crippen LogP contribution in [0.3, 0.4) is 0 Å². The maximum absolute atomic E-state index is 11.6. The standard InChI is InChI=1S/C11H9N3OS/c15-9-3-1-2-8-7(9)6-13-10(14-8)11-12-4-5-16-11/h4-6H,1-3H2. The quantitative estimate of drug-likeness (QED) is 0.754. The lowest BCUT2D eigenvalue weighted by Crippen LogP contribution is -2.13. The second kappa shape index (κ2) is 3.75. The monoisotopic (exact) mass is 231 g/mol. The first-order valence-electron chi connectivity index (χ1n) is 5.13. The van der Waals surface area contributed by atoms with Crippen LogP contribution < -0.4 is 0 Å². The zero-order valence-corrected chi connectivity index (χ0v) is 9.33. The van der Waals surface area contributed by atoms with E-state index in [9.17, 15) is 4.79 Å². The molecule has 0 atom stereocenters. The first-order valence-corrected chi connectivity index (χ1v) is 6.01. The molecule has 1 aliphatic rings. The van der Waals surface area contributed by atoms with E-state index < -0.39 is 0 Å². The molecule has 1 aliphatic carbocycles. The molecule has 0 saturated carbocycles. The summed E-state index contributed by atoms with van der Waals surface area (Å²) in [7, 11) is 0. The van der Waals surface area contributed by atoms with Crippen LogP contribution in [0.15, 0.2) is 17.8 Å². The van der Waals surface area contributed by atoms with Gasteiger partial charge in [-0.2, -0.15) is 0 Å². The molecule has 0 spiro atoms. The number of Topliss-reactive ketones (excluding diaryl/α,β-unsaturated/α-hetero) is 1. The van der Waals surface area contributed by atoms with Crippen molar-refractivity contribution in [1.82, 2.24) is 15.0 Å². The van der Waals surface area contributed by atoms with E-state index in [1.807, 2.05) is 5.38 Å². The fraction of sp³-hybridized carbons (Fsp3) is 0.273. The summed E-state index contributed by atoms with van der Waals surface area (Å²) in [4.78, 5) is 24.4. The Bertz CT molecular complexity index is 536. The van der Waals surface area contributed by atoms with Gasteiger partial charge in [0, 0.05) is 24.2 Å².